The highest BCUT2D eigenvalue weighted by Crippen LogP contribution is 2.44. The Morgan fingerprint density at radius 3 is 2.17 bits per heavy atom. The molecule has 0 aliphatic rings. The zero-order valence-corrected chi connectivity index (χ0v) is 22.7. The Balaban J connectivity index is 2.28. The number of aryl methyl sites for hydroxylation is 1. The molecule has 0 unspecified atom stereocenters. The van der Waals surface area contributed by atoms with Crippen LogP contribution in [0.4, 0.5) is 0 Å². The summed E-state index contributed by atoms with van der Waals surface area (Å²) in [4.78, 5) is 15.2. The van der Waals surface area contributed by atoms with Crippen LogP contribution in [0.25, 0.3) is 11.0 Å². The predicted molar refractivity (Wildman–Crippen MR) is 146 cm³/mol. The van der Waals surface area contributed by atoms with Gasteiger partial charge in [0.2, 0.25) is 0 Å². The lowest BCUT2D eigenvalue weighted by Gasteiger charge is -2.26. The molecule has 0 N–H and O–H groups in total. The van der Waals surface area contributed by atoms with E-state index in [1.54, 1.807) is 27.4 Å². The normalized spacial score (nSPS) is 12.2. The van der Waals surface area contributed by atoms with E-state index < -0.39 is 0 Å². The van der Waals surface area contributed by atoms with Gasteiger partial charge < -0.3 is 23.5 Å². The van der Waals surface area contributed by atoms with Crippen LogP contribution in [0.2, 0.25) is 0 Å². The van der Waals surface area contributed by atoms with E-state index in [2.05, 4.69) is 37.8 Å². The van der Waals surface area contributed by atoms with Gasteiger partial charge in [-0.15, -0.1) is 0 Å². The van der Waals surface area contributed by atoms with Crippen LogP contribution in [0.5, 0.6) is 17.2 Å². The third-order valence-corrected chi connectivity index (χ3v) is 7.05. The number of hydrogen-bond donors (Lipinski definition) is 0. The van der Waals surface area contributed by atoms with Gasteiger partial charge in [0.05, 0.1) is 26.7 Å². The first kappa shape index (κ1) is 27.6. The van der Waals surface area contributed by atoms with Crippen LogP contribution in [0.1, 0.15) is 69.1 Å². The summed E-state index contributed by atoms with van der Waals surface area (Å²) < 4.78 is 23.1. The van der Waals surface area contributed by atoms with Crippen molar-refractivity contribution in [2.75, 3.05) is 41.0 Å². The molecular weight excluding hydrogens is 454 g/mol. The largest absolute Gasteiger partial charge is 0.497 e. The zero-order valence-electron chi connectivity index (χ0n) is 22.7. The van der Waals surface area contributed by atoms with E-state index in [1.165, 1.54) is 0 Å². The highest BCUT2D eigenvalue weighted by molar-refractivity contribution is 5.92. The van der Waals surface area contributed by atoms with E-state index in [0.29, 0.717) is 17.1 Å². The summed E-state index contributed by atoms with van der Waals surface area (Å²) in [5.41, 5.74) is 3.19. The van der Waals surface area contributed by atoms with Gasteiger partial charge >= 0.3 is 5.63 Å². The lowest BCUT2D eigenvalue weighted by atomic mass is 9.85. The topological polar surface area (TPSA) is 61.1 Å². The number of rotatable bonds is 14. The van der Waals surface area contributed by atoms with Crippen LogP contribution in [0.3, 0.4) is 0 Å². The van der Waals surface area contributed by atoms with E-state index >= 15 is 0 Å². The fourth-order valence-electron chi connectivity index (χ4n) is 4.97. The van der Waals surface area contributed by atoms with E-state index in [0.717, 1.165) is 79.6 Å². The third-order valence-electron chi connectivity index (χ3n) is 7.05. The Kier molecular flexibility index (Phi) is 10.2. The molecular formula is C30H41NO5. The summed E-state index contributed by atoms with van der Waals surface area (Å²) in [5, 5.41) is 0.866. The molecule has 1 atom stereocenters. The van der Waals surface area contributed by atoms with Crippen LogP contribution in [0.15, 0.2) is 45.6 Å². The Hall–Kier alpha value is -2.99. The van der Waals surface area contributed by atoms with Crippen molar-refractivity contribution in [1.29, 1.82) is 0 Å². The summed E-state index contributed by atoms with van der Waals surface area (Å²) in [6, 6.07) is 11.7. The van der Waals surface area contributed by atoms with E-state index in [9.17, 15) is 4.79 Å². The maximum atomic E-state index is 12.8. The lowest BCUT2D eigenvalue weighted by Crippen LogP contribution is -2.25. The molecule has 3 aromatic rings. The summed E-state index contributed by atoms with van der Waals surface area (Å²) in [7, 11) is 4.97. The summed E-state index contributed by atoms with van der Waals surface area (Å²) in [5.74, 6) is 2.08. The fraction of sp³-hybridized carbons (Fsp3) is 0.500. The molecule has 2 aromatic carbocycles. The Morgan fingerprint density at radius 1 is 0.889 bits per heavy atom. The molecule has 196 valence electrons. The van der Waals surface area contributed by atoms with Crippen LogP contribution < -0.4 is 19.8 Å². The number of methoxy groups -OCH3 is 3. The first-order valence-electron chi connectivity index (χ1n) is 13.1. The zero-order chi connectivity index (χ0) is 26.1. The van der Waals surface area contributed by atoms with Crippen LogP contribution in [-0.2, 0) is 6.42 Å². The van der Waals surface area contributed by atoms with Gasteiger partial charge in [0, 0.05) is 23.6 Å². The summed E-state index contributed by atoms with van der Waals surface area (Å²) in [6.45, 7) is 9.39. The first-order valence-corrected chi connectivity index (χ1v) is 13.1. The van der Waals surface area contributed by atoms with Crippen molar-refractivity contribution in [1.82, 2.24) is 4.90 Å². The maximum Gasteiger partial charge on any atom is 0.336 e. The van der Waals surface area contributed by atoms with Gasteiger partial charge in [0.1, 0.15) is 22.8 Å². The van der Waals surface area contributed by atoms with Crippen LogP contribution in [-0.4, -0.2) is 45.9 Å². The molecule has 0 radical (unpaired) electrons. The molecule has 0 amide bonds. The smallest absolute Gasteiger partial charge is 0.336 e. The predicted octanol–water partition coefficient (Wildman–Crippen LogP) is 6.42. The fourth-order valence-corrected chi connectivity index (χ4v) is 4.97. The number of fused-ring (bicyclic) bond motifs is 1. The van der Waals surface area contributed by atoms with E-state index in [4.69, 9.17) is 18.6 Å². The molecule has 0 saturated carbocycles. The summed E-state index contributed by atoms with van der Waals surface area (Å²) in [6.07, 6.45) is 4.86. The molecule has 3 rings (SSSR count). The molecule has 0 bridgehead atoms. The average Bonchev–Trinajstić information content (AvgIpc) is 2.90. The molecule has 0 fully saturated rings. The van der Waals surface area contributed by atoms with Gasteiger partial charge in [-0.1, -0.05) is 45.7 Å². The molecule has 0 aliphatic heterocycles. The molecule has 6 nitrogen and oxygen atoms in total. The molecule has 0 spiro atoms. The second-order valence-electron chi connectivity index (χ2n) is 9.09. The van der Waals surface area contributed by atoms with E-state index in [-0.39, 0.29) is 11.5 Å². The van der Waals surface area contributed by atoms with E-state index in [1.807, 2.05) is 18.2 Å². The number of nitrogens with zero attached hydrogens (tertiary/aromatic N) is 1. The van der Waals surface area contributed by atoms with Gasteiger partial charge in [-0.25, -0.2) is 4.79 Å². The summed E-state index contributed by atoms with van der Waals surface area (Å²) >= 11 is 0. The molecule has 36 heavy (non-hydrogen) atoms. The van der Waals surface area contributed by atoms with Crippen LogP contribution in [0, 0.1) is 0 Å². The van der Waals surface area contributed by atoms with Gasteiger partial charge in [-0.3, -0.25) is 0 Å². The van der Waals surface area contributed by atoms with Gasteiger partial charge in [-0.05, 0) is 62.2 Å². The van der Waals surface area contributed by atoms with Crippen molar-refractivity contribution < 1.29 is 18.6 Å². The number of benzene rings is 2. The van der Waals surface area contributed by atoms with Gasteiger partial charge in [0.25, 0.3) is 0 Å². The standard InChI is InChI=1S/C30H41NO5/c1-7-10-11-12-22-19-27(32)36-30-28(22)25(34-5)20-26(35-6)29(30)24(17-18-31(8-2)9-3)21-13-15-23(33-4)16-14-21/h13-16,19-20,24H,7-12,17-18H2,1-6H3/t24-/m1/s1. The maximum absolute atomic E-state index is 12.8. The molecule has 1 aromatic heterocycles. The van der Waals surface area contributed by atoms with Crippen molar-refractivity contribution in [3.8, 4) is 17.2 Å². The third kappa shape index (κ3) is 6.22. The number of hydrogen-bond acceptors (Lipinski definition) is 6. The lowest BCUT2D eigenvalue weighted by molar-refractivity contribution is 0.293. The van der Waals surface area contributed by atoms with Crippen molar-refractivity contribution in [2.24, 2.45) is 0 Å². The minimum absolute atomic E-state index is 0.0473. The minimum Gasteiger partial charge on any atom is -0.497 e. The Labute approximate surface area is 215 Å². The highest BCUT2D eigenvalue weighted by Gasteiger charge is 2.27. The van der Waals surface area contributed by atoms with Crippen molar-refractivity contribution in [3.63, 3.8) is 0 Å². The molecule has 1 heterocycles. The van der Waals surface area contributed by atoms with Crippen molar-refractivity contribution >= 4 is 11.0 Å². The SMILES string of the molecule is CCCCCc1cc(=O)oc2c([C@H](CCN(CC)CC)c3ccc(OC)cc3)c(OC)cc(OC)c12. The van der Waals surface area contributed by atoms with Crippen molar-refractivity contribution in [3.05, 3.63) is 63.5 Å². The quantitative estimate of drug-likeness (QED) is 0.190. The first-order chi connectivity index (χ1) is 17.5. The highest BCUT2D eigenvalue weighted by atomic mass is 16.5. The van der Waals surface area contributed by atoms with Gasteiger partial charge in [0.15, 0.2) is 0 Å². The average molecular weight is 496 g/mol. The van der Waals surface area contributed by atoms with Crippen LogP contribution >= 0.6 is 0 Å². The minimum atomic E-state index is -0.345. The second kappa shape index (κ2) is 13.4. The Bertz CT molecular complexity index is 1160. The van der Waals surface area contributed by atoms with Gasteiger partial charge in [-0.2, -0.15) is 0 Å². The monoisotopic (exact) mass is 495 g/mol. The van der Waals surface area contributed by atoms with Crippen molar-refractivity contribution in [2.45, 2.75) is 58.8 Å². The second-order valence-corrected chi connectivity index (χ2v) is 9.09. The number of ether oxygens (including phenoxy) is 3. The molecule has 0 aliphatic carbocycles. The molecule has 6 heteroatoms. The molecule has 0 saturated heterocycles. The Morgan fingerprint density at radius 2 is 1.58 bits per heavy atom. The number of unbranched alkanes of at least 4 members (excludes halogenated alkanes) is 2.